The molecule has 0 aliphatic carbocycles. The van der Waals surface area contributed by atoms with E-state index in [1.165, 1.54) is 0 Å². The van der Waals surface area contributed by atoms with Gasteiger partial charge in [0.05, 0.1) is 24.0 Å². The second-order valence-corrected chi connectivity index (χ2v) is 8.12. The van der Waals surface area contributed by atoms with Crippen LogP contribution in [0.3, 0.4) is 0 Å². The fraction of sp³-hybridized carbons (Fsp3) is 0.294. The van der Waals surface area contributed by atoms with Gasteiger partial charge in [0.15, 0.2) is 9.84 Å². The molecule has 1 saturated heterocycles. The zero-order chi connectivity index (χ0) is 17.2. The number of fused-ring (bicyclic) bond motifs is 1. The van der Waals surface area contributed by atoms with Crippen LogP contribution >= 0.6 is 0 Å². The fourth-order valence-corrected chi connectivity index (χ4v) is 4.58. The number of benzene rings is 2. The highest BCUT2D eigenvalue weighted by atomic mass is 32.2. The number of carbonyl (C=O) groups excluding carboxylic acids is 2. The molecule has 7 heteroatoms. The van der Waals surface area contributed by atoms with Crippen LogP contribution in [0.2, 0.25) is 0 Å². The van der Waals surface area contributed by atoms with Crippen LogP contribution in [0, 0.1) is 5.92 Å². The van der Waals surface area contributed by atoms with Crippen LogP contribution in [-0.2, 0) is 19.4 Å². The van der Waals surface area contributed by atoms with E-state index in [0.29, 0.717) is 12.1 Å². The lowest BCUT2D eigenvalue weighted by Gasteiger charge is -2.11. The van der Waals surface area contributed by atoms with E-state index in [0.717, 1.165) is 10.8 Å². The Labute approximate surface area is 140 Å². The molecule has 3 rings (SSSR count). The van der Waals surface area contributed by atoms with Crippen LogP contribution in [0.1, 0.15) is 6.42 Å². The molecule has 1 fully saturated rings. The maximum absolute atomic E-state index is 12.1. The molecule has 0 spiro atoms. The highest BCUT2D eigenvalue weighted by Gasteiger charge is 2.32. The van der Waals surface area contributed by atoms with Gasteiger partial charge in [0, 0.05) is 11.1 Å². The van der Waals surface area contributed by atoms with Crippen LogP contribution in [0.25, 0.3) is 10.8 Å². The summed E-state index contributed by atoms with van der Waals surface area (Å²) in [7, 11) is -3.11. The third kappa shape index (κ3) is 3.73. The van der Waals surface area contributed by atoms with Gasteiger partial charge >= 0.3 is 0 Å². The average molecular weight is 346 g/mol. The lowest BCUT2D eigenvalue weighted by atomic mass is 10.1. The summed E-state index contributed by atoms with van der Waals surface area (Å²) in [6.45, 7) is -0.182. The van der Waals surface area contributed by atoms with E-state index >= 15 is 0 Å². The molecule has 24 heavy (non-hydrogen) atoms. The van der Waals surface area contributed by atoms with Crippen molar-refractivity contribution < 1.29 is 18.0 Å². The average Bonchev–Trinajstić information content (AvgIpc) is 2.93. The van der Waals surface area contributed by atoms with Crippen LogP contribution in [0.5, 0.6) is 0 Å². The molecule has 0 radical (unpaired) electrons. The fourth-order valence-electron chi connectivity index (χ4n) is 2.84. The molecule has 0 aromatic heterocycles. The van der Waals surface area contributed by atoms with Gasteiger partial charge in [-0.1, -0.05) is 36.4 Å². The first-order valence-corrected chi connectivity index (χ1v) is 9.52. The van der Waals surface area contributed by atoms with E-state index in [2.05, 4.69) is 10.6 Å². The number of carbonyl (C=O) groups is 2. The number of anilines is 1. The van der Waals surface area contributed by atoms with E-state index < -0.39 is 15.8 Å². The third-order valence-corrected chi connectivity index (χ3v) is 5.86. The molecule has 1 aliphatic heterocycles. The molecule has 1 heterocycles. The Balaban J connectivity index is 1.59. The Morgan fingerprint density at radius 3 is 2.58 bits per heavy atom. The highest BCUT2D eigenvalue weighted by molar-refractivity contribution is 7.91. The quantitative estimate of drug-likeness (QED) is 0.873. The molecule has 126 valence electrons. The van der Waals surface area contributed by atoms with Gasteiger partial charge in [0.25, 0.3) is 0 Å². The number of amides is 2. The van der Waals surface area contributed by atoms with Crippen LogP contribution in [0.4, 0.5) is 5.69 Å². The van der Waals surface area contributed by atoms with E-state index in [1.807, 2.05) is 36.4 Å². The molecule has 2 amide bonds. The number of sulfone groups is 1. The van der Waals surface area contributed by atoms with Crippen molar-refractivity contribution in [2.45, 2.75) is 6.42 Å². The minimum absolute atomic E-state index is 0.0350. The minimum atomic E-state index is -3.11. The summed E-state index contributed by atoms with van der Waals surface area (Å²) in [5.74, 6) is -1.39. The molecule has 1 atom stereocenters. The summed E-state index contributed by atoms with van der Waals surface area (Å²) in [5.41, 5.74) is 0.677. The summed E-state index contributed by atoms with van der Waals surface area (Å²) < 4.78 is 22.8. The number of nitrogens with one attached hydrogen (secondary N) is 2. The Kier molecular flexibility index (Phi) is 4.53. The first-order valence-electron chi connectivity index (χ1n) is 7.70. The maximum Gasteiger partial charge on any atom is 0.243 e. The predicted molar refractivity (Wildman–Crippen MR) is 92.3 cm³/mol. The highest BCUT2D eigenvalue weighted by Crippen LogP contribution is 2.22. The first kappa shape index (κ1) is 16.4. The molecule has 1 aliphatic rings. The Hall–Kier alpha value is -2.41. The zero-order valence-electron chi connectivity index (χ0n) is 13.0. The smallest absolute Gasteiger partial charge is 0.243 e. The van der Waals surface area contributed by atoms with Crippen molar-refractivity contribution >= 4 is 38.1 Å². The second-order valence-electron chi connectivity index (χ2n) is 5.89. The molecule has 6 nitrogen and oxygen atoms in total. The molecule has 0 unspecified atom stereocenters. The van der Waals surface area contributed by atoms with Crippen LogP contribution in [-0.4, -0.2) is 38.3 Å². The standard InChI is InChI=1S/C17H18N2O4S/c20-16(10-18-17(21)13-8-9-24(22,23)11-13)19-15-7-3-5-12-4-1-2-6-14(12)15/h1-7,13H,8-11H2,(H,18,21)(H,19,20)/t13-/m1/s1. The SMILES string of the molecule is O=C(CNC(=O)[C@@H]1CCS(=O)(=O)C1)Nc1cccc2ccccc12. The maximum atomic E-state index is 12.1. The van der Waals surface area contributed by atoms with Gasteiger partial charge in [-0.25, -0.2) is 8.42 Å². The zero-order valence-corrected chi connectivity index (χ0v) is 13.8. The Morgan fingerprint density at radius 1 is 1.08 bits per heavy atom. The third-order valence-electron chi connectivity index (χ3n) is 4.09. The van der Waals surface area contributed by atoms with E-state index in [-0.39, 0.29) is 29.9 Å². The van der Waals surface area contributed by atoms with Gasteiger partial charge in [-0.15, -0.1) is 0 Å². The summed E-state index contributed by atoms with van der Waals surface area (Å²) in [4.78, 5) is 24.0. The van der Waals surface area contributed by atoms with Crippen molar-refractivity contribution in [1.29, 1.82) is 0 Å². The van der Waals surface area contributed by atoms with Gasteiger partial charge < -0.3 is 10.6 Å². The predicted octanol–water partition coefficient (Wildman–Crippen LogP) is 1.33. The molecule has 2 aromatic rings. The topological polar surface area (TPSA) is 92.3 Å². The van der Waals surface area contributed by atoms with Crippen molar-refractivity contribution in [2.24, 2.45) is 5.92 Å². The number of hydrogen-bond donors (Lipinski definition) is 2. The van der Waals surface area contributed by atoms with Crippen molar-refractivity contribution in [2.75, 3.05) is 23.4 Å². The van der Waals surface area contributed by atoms with Crippen LogP contribution in [0.15, 0.2) is 42.5 Å². The molecule has 2 N–H and O–H groups in total. The lowest BCUT2D eigenvalue weighted by molar-refractivity contribution is -0.126. The lowest BCUT2D eigenvalue weighted by Crippen LogP contribution is -2.37. The van der Waals surface area contributed by atoms with Gasteiger partial charge in [-0.2, -0.15) is 0 Å². The number of hydrogen-bond acceptors (Lipinski definition) is 4. The van der Waals surface area contributed by atoms with E-state index in [9.17, 15) is 18.0 Å². The molecule has 0 bridgehead atoms. The first-order chi connectivity index (χ1) is 11.4. The van der Waals surface area contributed by atoms with Gasteiger partial charge in [-0.05, 0) is 17.9 Å². The molecular formula is C17H18N2O4S. The minimum Gasteiger partial charge on any atom is -0.347 e. The van der Waals surface area contributed by atoms with Crippen molar-refractivity contribution in [1.82, 2.24) is 5.32 Å². The summed E-state index contributed by atoms with van der Waals surface area (Å²) in [6.07, 6.45) is 0.319. The largest absolute Gasteiger partial charge is 0.347 e. The van der Waals surface area contributed by atoms with Crippen LogP contribution < -0.4 is 10.6 Å². The van der Waals surface area contributed by atoms with Crippen molar-refractivity contribution in [3.63, 3.8) is 0 Å². The molecular weight excluding hydrogens is 328 g/mol. The normalized spacial score (nSPS) is 19.1. The van der Waals surface area contributed by atoms with Gasteiger partial charge in [0.2, 0.25) is 11.8 Å². The summed E-state index contributed by atoms with van der Waals surface area (Å²) in [5, 5.41) is 7.22. The summed E-state index contributed by atoms with van der Waals surface area (Å²) in [6, 6.07) is 13.3. The summed E-state index contributed by atoms with van der Waals surface area (Å²) >= 11 is 0. The van der Waals surface area contributed by atoms with E-state index in [1.54, 1.807) is 6.07 Å². The Bertz CT molecular complexity index is 887. The molecule has 2 aromatic carbocycles. The van der Waals surface area contributed by atoms with Crippen molar-refractivity contribution in [3.8, 4) is 0 Å². The monoisotopic (exact) mass is 346 g/mol. The van der Waals surface area contributed by atoms with Gasteiger partial charge in [-0.3, -0.25) is 9.59 Å². The number of rotatable bonds is 4. The van der Waals surface area contributed by atoms with E-state index in [4.69, 9.17) is 0 Å². The van der Waals surface area contributed by atoms with Crippen molar-refractivity contribution in [3.05, 3.63) is 42.5 Å². The molecule has 0 saturated carbocycles. The van der Waals surface area contributed by atoms with Gasteiger partial charge in [0.1, 0.15) is 0 Å². The Morgan fingerprint density at radius 2 is 1.83 bits per heavy atom. The second kappa shape index (κ2) is 6.60.